The first-order chi connectivity index (χ1) is 6.64. The Kier molecular flexibility index (Phi) is 4.37. The molecule has 1 aliphatic rings. The third-order valence-electron chi connectivity index (χ3n) is 2.70. The second-order valence-electron chi connectivity index (χ2n) is 4.84. The molecular weight excluding hydrogens is 174 g/mol. The summed E-state index contributed by atoms with van der Waals surface area (Å²) in [5.41, 5.74) is -0.234. The van der Waals surface area contributed by atoms with Gasteiger partial charge in [-0.1, -0.05) is 0 Å². The maximum Gasteiger partial charge on any atom is 0.0697 e. The first kappa shape index (κ1) is 11.5. The van der Waals surface area contributed by atoms with Gasteiger partial charge < -0.3 is 10.6 Å². The van der Waals surface area contributed by atoms with Gasteiger partial charge in [0.1, 0.15) is 0 Å². The Labute approximate surface area is 86.9 Å². The molecular formula is C11H21N3. The lowest BCUT2D eigenvalue weighted by Gasteiger charge is -2.24. The first-order valence-electron chi connectivity index (χ1n) is 5.47. The molecule has 3 nitrogen and oxygen atoms in total. The van der Waals surface area contributed by atoms with Gasteiger partial charge >= 0.3 is 0 Å². The largest absolute Gasteiger partial charge is 0.316 e. The van der Waals surface area contributed by atoms with Crippen molar-refractivity contribution in [1.29, 1.82) is 5.26 Å². The van der Waals surface area contributed by atoms with E-state index in [1.165, 1.54) is 19.4 Å². The minimum Gasteiger partial charge on any atom is -0.316 e. The quantitative estimate of drug-likeness (QED) is 0.707. The van der Waals surface area contributed by atoms with Crippen LogP contribution < -0.4 is 10.6 Å². The van der Waals surface area contributed by atoms with Crippen LogP contribution in [0.25, 0.3) is 0 Å². The molecule has 1 unspecified atom stereocenters. The molecule has 0 bridgehead atoms. The Balaban J connectivity index is 2.12. The van der Waals surface area contributed by atoms with Gasteiger partial charge in [-0.25, -0.2) is 0 Å². The van der Waals surface area contributed by atoms with E-state index in [9.17, 15) is 0 Å². The molecule has 0 saturated carbocycles. The summed E-state index contributed by atoms with van der Waals surface area (Å²) in [6.45, 7) is 8.07. The van der Waals surface area contributed by atoms with Crippen LogP contribution in [-0.4, -0.2) is 26.2 Å². The fourth-order valence-electron chi connectivity index (χ4n) is 1.73. The van der Waals surface area contributed by atoms with Gasteiger partial charge in [0.05, 0.1) is 11.5 Å². The van der Waals surface area contributed by atoms with E-state index in [0.29, 0.717) is 0 Å². The van der Waals surface area contributed by atoms with Crippen LogP contribution in [0.2, 0.25) is 0 Å². The van der Waals surface area contributed by atoms with E-state index < -0.39 is 0 Å². The highest BCUT2D eigenvalue weighted by Crippen LogP contribution is 2.12. The highest BCUT2D eigenvalue weighted by atomic mass is 14.9. The van der Waals surface area contributed by atoms with Gasteiger partial charge in [-0.15, -0.1) is 0 Å². The topological polar surface area (TPSA) is 47.9 Å². The van der Waals surface area contributed by atoms with Crippen LogP contribution in [0.1, 0.15) is 26.7 Å². The molecule has 0 spiro atoms. The summed E-state index contributed by atoms with van der Waals surface area (Å²) in [4.78, 5) is 0. The Bertz CT molecular complexity index is 199. The van der Waals surface area contributed by atoms with Crippen LogP contribution in [0.5, 0.6) is 0 Å². The van der Waals surface area contributed by atoms with Gasteiger partial charge in [0.2, 0.25) is 0 Å². The van der Waals surface area contributed by atoms with Crippen LogP contribution in [0, 0.1) is 22.7 Å². The van der Waals surface area contributed by atoms with Gasteiger partial charge in [-0.2, -0.15) is 5.26 Å². The predicted octanol–water partition coefficient (Wildman–Crippen LogP) is 1.13. The van der Waals surface area contributed by atoms with Crippen LogP contribution in [-0.2, 0) is 0 Å². The van der Waals surface area contributed by atoms with Crippen molar-refractivity contribution in [3.8, 4) is 6.07 Å². The van der Waals surface area contributed by atoms with E-state index in [-0.39, 0.29) is 5.41 Å². The molecule has 0 aromatic heterocycles. The zero-order chi connectivity index (χ0) is 10.4. The molecule has 1 heterocycles. The molecule has 2 N–H and O–H groups in total. The lowest BCUT2D eigenvalue weighted by molar-refractivity contribution is 0.340. The number of hydrogen-bond acceptors (Lipinski definition) is 3. The zero-order valence-electron chi connectivity index (χ0n) is 9.27. The maximum atomic E-state index is 8.83. The van der Waals surface area contributed by atoms with Gasteiger partial charge in [-0.05, 0) is 52.2 Å². The Morgan fingerprint density at radius 3 is 2.93 bits per heavy atom. The molecule has 0 aromatic rings. The second-order valence-corrected chi connectivity index (χ2v) is 4.84. The van der Waals surface area contributed by atoms with Gasteiger partial charge in [-0.3, -0.25) is 0 Å². The molecule has 0 aromatic carbocycles. The normalized spacial score (nSPS) is 23.1. The fourth-order valence-corrected chi connectivity index (χ4v) is 1.73. The van der Waals surface area contributed by atoms with E-state index >= 15 is 0 Å². The van der Waals surface area contributed by atoms with Crippen LogP contribution in [0.4, 0.5) is 0 Å². The zero-order valence-corrected chi connectivity index (χ0v) is 9.27. The minimum absolute atomic E-state index is 0.234. The summed E-state index contributed by atoms with van der Waals surface area (Å²) in [5.74, 6) is 0.748. The lowest BCUT2D eigenvalue weighted by atomic mass is 9.95. The number of nitrogens with one attached hydrogen (secondary N) is 2. The molecule has 14 heavy (non-hydrogen) atoms. The number of nitriles is 1. The van der Waals surface area contributed by atoms with Gasteiger partial charge in [0.15, 0.2) is 0 Å². The average molecular weight is 195 g/mol. The molecule has 0 amide bonds. The van der Waals surface area contributed by atoms with Crippen molar-refractivity contribution in [2.24, 2.45) is 11.3 Å². The molecule has 1 aliphatic heterocycles. The fraction of sp³-hybridized carbons (Fsp3) is 0.909. The summed E-state index contributed by atoms with van der Waals surface area (Å²) in [5, 5.41) is 15.6. The standard InChI is InChI=1S/C11H21N3/c1-11(2,8-12)9-14-7-10-4-3-5-13-6-10/h10,13-14H,3-7,9H2,1-2H3. The smallest absolute Gasteiger partial charge is 0.0697 e. The molecule has 1 saturated heterocycles. The van der Waals surface area contributed by atoms with Crippen molar-refractivity contribution in [1.82, 2.24) is 10.6 Å². The van der Waals surface area contributed by atoms with Crippen molar-refractivity contribution < 1.29 is 0 Å². The van der Waals surface area contributed by atoms with E-state index in [1.54, 1.807) is 0 Å². The highest BCUT2D eigenvalue weighted by molar-refractivity contribution is 4.93. The second kappa shape index (κ2) is 5.33. The SMILES string of the molecule is CC(C)(C#N)CNCC1CCCNC1. The Hall–Kier alpha value is -0.590. The number of rotatable bonds is 4. The molecule has 0 radical (unpaired) electrons. The molecule has 80 valence electrons. The van der Waals surface area contributed by atoms with Crippen LogP contribution in [0.3, 0.4) is 0 Å². The number of piperidine rings is 1. The van der Waals surface area contributed by atoms with E-state index in [0.717, 1.165) is 25.6 Å². The van der Waals surface area contributed by atoms with Gasteiger partial charge in [0.25, 0.3) is 0 Å². The number of nitrogens with zero attached hydrogens (tertiary/aromatic N) is 1. The summed E-state index contributed by atoms with van der Waals surface area (Å²) in [6.07, 6.45) is 2.60. The van der Waals surface area contributed by atoms with E-state index in [1.807, 2.05) is 13.8 Å². The van der Waals surface area contributed by atoms with Crippen LogP contribution >= 0.6 is 0 Å². The Morgan fingerprint density at radius 1 is 1.57 bits per heavy atom. The minimum atomic E-state index is -0.234. The lowest BCUT2D eigenvalue weighted by Crippen LogP contribution is -2.38. The van der Waals surface area contributed by atoms with Crippen LogP contribution in [0.15, 0.2) is 0 Å². The Morgan fingerprint density at radius 2 is 2.36 bits per heavy atom. The predicted molar refractivity (Wildman–Crippen MR) is 57.9 cm³/mol. The van der Waals surface area contributed by atoms with E-state index in [2.05, 4.69) is 16.7 Å². The molecule has 1 fully saturated rings. The van der Waals surface area contributed by atoms with Gasteiger partial charge in [0, 0.05) is 6.54 Å². The van der Waals surface area contributed by atoms with Crippen molar-refractivity contribution >= 4 is 0 Å². The monoisotopic (exact) mass is 195 g/mol. The number of hydrogen-bond donors (Lipinski definition) is 2. The van der Waals surface area contributed by atoms with Crippen molar-refractivity contribution in [3.63, 3.8) is 0 Å². The summed E-state index contributed by atoms with van der Waals surface area (Å²) < 4.78 is 0. The first-order valence-corrected chi connectivity index (χ1v) is 5.47. The third-order valence-corrected chi connectivity index (χ3v) is 2.70. The van der Waals surface area contributed by atoms with E-state index in [4.69, 9.17) is 5.26 Å². The molecule has 3 heteroatoms. The van der Waals surface area contributed by atoms with Crippen molar-refractivity contribution in [2.45, 2.75) is 26.7 Å². The van der Waals surface area contributed by atoms with Crippen molar-refractivity contribution in [3.05, 3.63) is 0 Å². The molecule has 1 atom stereocenters. The summed E-state index contributed by atoms with van der Waals surface area (Å²) in [7, 11) is 0. The van der Waals surface area contributed by atoms with Crippen molar-refractivity contribution in [2.75, 3.05) is 26.2 Å². The molecule has 1 rings (SSSR count). The summed E-state index contributed by atoms with van der Waals surface area (Å²) in [6, 6.07) is 2.30. The summed E-state index contributed by atoms with van der Waals surface area (Å²) >= 11 is 0. The highest BCUT2D eigenvalue weighted by Gasteiger charge is 2.17. The maximum absolute atomic E-state index is 8.83. The third kappa shape index (κ3) is 4.08. The molecule has 0 aliphatic carbocycles. The average Bonchev–Trinajstić information content (AvgIpc) is 2.19.